The quantitative estimate of drug-likeness (QED) is 0.834. The zero-order valence-corrected chi connectivity index (χ0v) is 12.1. The Morgan fingerprint density at radius 3 is 2.70 bits per heavy atom. The molecular formula is C16H24N2O2. The van der Waals surface area contributed by atoms with Crippen LogP contribution in [0.3, 0.4) is 0 Å². The lowest BCUT2D eigenvalue weighted by molar-refractivity contribution is 0.152. The first-order valence-electron chi connectivity index (χ1n) is 7.48. The Balaban J connectivity index is 1.63. The van der Waals surface area contributed by atoms with Crippen molar-refractivity contribution in [2.24, 2.45) is 5.41 Å². The number of anilines is 1. The highest BCUT2D eigenvalue weighted by Gasteiger charge is 2.37. The Kier molecular flexibility index (Phi) is 3.85. The average Bonchev–Trinajstić information content (AvgIpc) is 3.17. The van der Waals surface area contributed by atoms with Crippen molar-refractivity contribution in [2.45, 2.75) is 25.3 Å². The minimum Gasteiger partial charge on any atom is -0.508 e. The molecule has 0 bridgehead atoms. The summed E-state index contributed by atoms with van der Waals surface area (Å²) in [6, 6.07) is 8.16. The molecule has 2 N–H and O–H groups in total. The van der Waals surface area contributed by atoms with E-state index in [0.717, 1.165) is 44.5 Å². The van der Waals surface area contributed by atoms with Crippen molar-refractivity contribution in [3.8, 4) is 5.75 Å². The topological polar surface area (TPSA) is 44.7 Å². The Hall–Kier alpha value is -1.26. The summed E-state index contributed by atoms with van der Waals surface area (Å²) in [5, 5.41) is 13.0. The van der Waals surface area contributed by atoms with Gasteiger partial charge in [0.1, 0.15) is 5.75 Å². The molecule has 0 radical (unpaired) electrons. The molecule has 2 fully saturated rings. The Labute approximate surface area is 120 Å². The third-order valence-electron chi connectivity index (χ3n) is 4.39. The van der Waals surface area contributed by atoms with Crippen LogP contribution in [0.1, 0.15) is 19.3 Å². The largest absolute Gasteiger partial charge is 0.508 e. The van der Waals surface area contributed by atoms with Gasteiger partial charge in [-0.25, -0.2) is 0 Å². The Morgan fingerprint density at radius 2 is 2.10 bits per heavy atom. The van der Waals surface area contributed by atoms with Gasteiger partial charge < -0.3 is 20.1 Å². The van der Waals surface area contributed by atoms with E-state index in [9.17, 15) is 5.11 Å². The van der Waals surface area contributed by atoms with Gasteiger partial charge in [-0.1, -0.05) is 0 Å². The van der Waals surface area contributed by atoms with Crippen molar-refractivity contribution in [1.29, 1.82) is 0 Å². The molecular weight excluding hydrogens is 252 g/mol. The van der Waals surface area contributed by atoms with Gasteiger partial charge in [-0.05, 0) is 43.5 Å². The molecule has 2 aliphatic rings. The van der Waals surface area contributed by atoms with Crippen LogP contribution in [0.25, 0.3) is 0 Å². The van der Waals surface area contributed by atoms with Gasteiger partial charge in [-0.2, -0.15) is 0 Å². The fourth-order valence-corrected chi connectivity index (χ4v) is 2.92. The third-order valence-corrected chi connectivity index (χ3v) is 4.39. The second-order valence-electron chi connectivity index (χ2n) is 6.33. The molecule has 4 nitrogen and oxygen atoms in total. The van der Waals surface area contributed by atoms with Crippen LogP contribution >= 0.6 is 0 Å². The molecule has 1 atom stereocenters. The summed E-state index contributed by atoms with van der Waals surface area (Å²) < 4.78 is 5.66. The van der Waals surface area contributed by atoms with Crippen LogP contribution in [-0.2, 0) is 4.74 Å². The number of aromatic hydroxyl groups is 1. The number of phenols is 1. The summed E-state index contributed by atoms with van der Waals surface area (Å²) in [6.07, 6.45) is 3.77. The molecule has 20 heavy (non-hydrogen) atoms. The molecule has 4 heteroatoms. The first-order valence-corrected chi connectivity index (χ1v) is 7.48. The van der Waals surface area contributed by atoms with Crippen LogP contribution in [0.5, 0.6) is 5.75 Å². The molecule has 110 valence electrons. The number of ether oxygens (including phenoxy) is 1. The number of hydrogen-bond acceptors (Lipinski definition) is 4. The zero-order chi connectivity index (χ0) is 14.0. The summed E-state index contributed by atoms with van der Waals surface area (Å²) in [5.74, 6) is 0.316. The van der Waals surface area contributed by atoms with E-state index < -0.39 is 0 Å². The number of nitrogens with one attached hydrogen (secondary N) is 1. The number of hydrogen-bond donors (Lipinski definition) is 2. The van der Waals surface area contributed by atoms with Crippen molar-refractivity contribution < 1.29 is 9.84 Å². The predicted octanol–water partition coefficient (Wildman–Crippen LogP) is 1.99. The highest BCUT2D eigenvalue weighted by molar-refractivity contribution is 5.48. The van der Waals surface area contributed by atoms with Crippen LogP contribution in [-0.4, -0.2) is 44.5 Å². The summed E-state index contributed by atoms with van der Waals surface area (Å²) in [4.78, 5) is 2.27. The second-order valence-corrected chi connectivity index (χ2v) is 6.33. The van der Waals surface area contributed by atoms with Crippen LogP contribution in [0.15, 0.2) is 24.3 Å². The van der Waals surface area contributed by atoms with Crippen LogP contribution < -0.4 is 10.2 Å². The zero-order valence-electron chi connectivity index (χ0n) is 12.1. The van der Waals surface area contributed by atoms with Gasteiger partial charge in [0.05, 0.1) is 6.61 Å². The minimum atomic E-state index is 0.217. The van der Waals surface area contributed by atoms with Gasteiger partial charge in [0.2, 0.25) is 0 Å². The standard InChI is InChI=1S/C16H24N2O2/c1-18(14-4-6-15(19)7-5-14)11-16(8-9-20-12-16)10-17-13-2-3-13/h4-7,13,17,19H,2-3,8-12H2,1H3. The fraction of sp³-hybridized carbons (Fsp3) is 0.625. The maximum Gasteiger partial charge on any atom is 0.115 e. The number of rotatable bonds is 6. The van der Waals surface area contributed by atoms with E-state index in [1.54, 1.807) is 12.1 Å². The minimum absolute atomic E-state index is 0.217. The van der Waals surface area contributed by atoms with Crippen molar-refractivity contribution in [1.82, 2.24) is 5.32 Å². The summed E-state index contributed by atoms with van der Waals surface area (Å²) >= 11 is 0. The fourth-order valence-electron chi connectivity index (χ4n) is 2.92. The summed E-state index contributed by atoms with van der Waals surface area (Å²) in [7, 11) is 2.11. The molecule has 0 amide bonds. The van der Waals surface area contributed by atoms with Gasteiger partial charge in [-0.15, -0.1) is 0 Å². The molecule has 1 aliphatic carbocycles. The van der Waals surface area contributed by atoms with Crippen molar-refractivity contribution in [2.75, 3.05) is 38.3 Å². The molecule has 1 saturated carbocycles. The lowest BCUT2D eigenvalue weighted by Gasteiger charge is -2.33. The highest BCUT2D eigenvalue weighted by atomic mass is 16.5. The van der Waals surface area contributed by atoms with Gasteiger partial charge in [-0.3, -0.25) is 0 Å². The average molecular weight is 276 g/mol. The molecule has 3 rings (SSSR count). The van der Waals surface area contributed by atoms with E-state index in [-0.39, 0.29) is 5.41 Å². The van der Waals surface area contributed by atoms with E-state index in [0.29, 0.717) is 5.75 Å². The Morgan fingerprint density at radius 1 is 1.35 bits per heavy atom. The predicted molar refractivity (Wildman–Crippen MR) is 80.3 cm³/mol. The van der Waals surface area contributed by atoms with E-state index in [1.165, 1.54) is 12.8 Å². The van der Waals surface area contributed by atoms with Gasteiger partial charge >= 0.3 is 0 Å². The van der Waals surface area contributed by atoms with E-state index in [2.05, 4.69) is 17.3 Å². The molecule has 1 aromatic carbocycles. The molecule has 1 heterocycles. The molecule has 1 unspecified atom stereocenters. The maximum atomic E-state index is 9.38. The number of phenolic OH excluding ortho intramolecular Hbond substituents is 1. The van der Waals surface area contributed by atoms with E-state index in [4.69, 9.17) is 4.74 Å². The SMILES string of the molecule is CN(CC1(CNC2CC2)CCOC1)c1ccc(O)cc1. The monoisotopic (exact) mass is 276 g/mol. The first kappa shape index (κ1) is 13.7. The van der Waals surface area contributed by atoms with Crippen molar-refractivity contribution in [3.05, 3.63) is 24.3 Å². The van der Waals surface area contributed by atoms with Gasteiger partial charge in [0.25, 0.3) is 0 Å². The summed E-state index contributed by atoms with van der Waals surface area (Å²) in [5.41, 5.74) is 1.36. The summed E-state index contributed by atoms with van der Waals surface area (Å²) in [6.45, 7) is 3.74. The van der Waals surface area contributed by atoms with Gasteiger partial charge in [0, 0.05) is 43.9 Å². The van der Waals surface area contributed by atoms with Crippen LogP contribution in [0, 0.1) is 5.41 Å². The van der Waals surface area contributed by atoms with E-state index >= 15 is 0 Å². The highest BCUT2D eigenvalue weighted by Crippen LogP contribution is 2.32. The molecule has 1 aromatic rings. The lowest BCUT2D eigenvalue weighted by Crippen LogP contribution is -2.44. The smallest absolute Gasteiger partial charge is 0.115 e. The molecule has 0 spiro atoms. The maximum absolute atomic E-state index is 9.38. The lowest BCUT2D eigenvalue weighted by atomic mass is 9.86. The molecule has 1 aliphatic heterocycles. The molecule has 0 aromatic heterocycles. The third kappa shape index (κ3) is 3.25. The Bertz CT molecular complexity index is 436. The number of nitrogens with zero attached hydrogens (tertiary/aromatic N) is 1. The van der Waals surface area contributed by atoms with Crippen LogP contribution in [0.4, 0.5) is 5.69 Å². The van der Waals surface area contributed by atoms with Crippen LogP contribution in [0.2, 0.25) is 0 Å². The second kappa shape index (κ2) is 5.62. The van der Waals surface area contributed by atoms with Crippen molar-refractivity contribution >= 4 is 5.69 Å². The molecule has 1 saturated heterocycles. The normalized spacial score (nSPS) is 25.9. The number of benzene rings is 1. The van der Waals surface area contributed by atoms with E-state index in [1.807, 2.05) is 12.1 Å². The van der Waals surface area contributed by atoms with Gasteiger partial charge in [0.15, 0.2) is 0 Å². The van der Waals surface area contributed by atoms with Crippen molar-refractivity contribution in [3.63, 3.8) is 0 Å². The first-order chi connectivity index (χ1) is 9.67.